The summed E-state index contributed by atoms with van der Waals surface area (Å²) in [5.41, 5.74) is 0.832. The lowest BCUT2D eigenvalue weighted by molar-refractivity contribution is -0.135. The Morgan fingerprint density at radius 3 is 2.24 bits per heavy atom. The molecule has 5 nitrogen and oxygen atoms in total. The van der Waals surface area contributed by atoms with Crippen LogP contribution in [0.25, 0.3) is 0 Å². The number of carbonyl (C=O) groups excluding carboxylic acids is 2. The third-order valence-corrected chi connectivity index (χ3v) is 5.25. The Morgan fingerprint density at radius 2 is 1.68 bits per heavy atom. The van der Waals surface area contributed by atoms with Gasteiger partial charge < -0.3 is 14.7 Å². The third kappa shape index (κ3) is 3.78. The van der Waals surface area contributed by atoms with Crippen LogP contribution in [0.3, 0.4) is 0 Å². The summed E-state index contributed by atoms with van der Waals surface area (Å²) in [6.45, 7) is 2.75. The summed E-state index contributed by atoms with van der Waals surface area (Å²) in [5, 5.41) is 0. The predicted octanol–water partition coefficient (Wildman–Crippen LogP) is 2.37. The molecule has 2 aliphatic heterocycles. The van der Waals surface area contributed by atoms with E-state index in [2.05, 4.69) is 0 Å². The number of hydrogen-bond acceptors (Lipinski definition) is 3. The van der Waals surface area contributed by atoms with Crippen molar-refractivity contribution < 1.29 is 14.0 Å². The lowest BCUT2D eigenvalue weighted by Gasteiger charge is -2.33. The number of amides is 2. The first kappa shape index (κ1) is 17.7. The zero-order chi connectivity index (χ0) is 18.0. The van der Waals surface area contributed by atoms with Gasteiger partial charge in [-0.25, -0.2) is 4.39 Å². The van der Waals surface area contributed by atoms with Gasteiger partial charge in [0.25, 0.3) is 5.91 Å². The molecule has 0 N–H and O–H groups in total. The van der Waals surface area contributed by atoms with Crippen molar-refractivity contribution in [3.8, 4) is 0 Å². The molecular weight excluding hydrogens is 321 g/mol. The number of benzene rings is 1. The van der Waals surface area contributed by atoms with E-state index >= 15 is 0 Å². The fraction of sp³-hybridized carbons (Fsp3) is 0.579. The minimum atomic E-state index is -0.494. The van der Waals surface area contributed by atoms with Crippen LogP contribution in [0.2, 0.25) is 0 Å². The molecule has 0 atom stereocenters. The van der Waals surface area contributed by atoms with Crippen molar-refractivity contribution >= 4 is 17.5 Å². The number of rotatable bonds is 3. The second-order valence-electron chi connectivity index (χ2n) is 7.16. The summed E-state index contributed by atoms with van der Waals surface area (Å²) >= 11 is 0. The molecule has 0 bridgehead atoms. The fourth-order valence-corrected chi connectivity index (χ4v) is 3.65. The van der Waals surface area contributed by atoms with E-state index in [-0.39, 0.29) is 23.3 Å². The van der Waals surface area contributed by atoms with Gasteiger partial charge in [-0.2, -0.15) is 0 Å². The second kappa shape index (κ2) is 7.42. The molecule has 0 spiro atoms. The van der Waals surface area contributed by atoms with Crippen LogP contribution in [-0.4, -0.2) is 61.9 Å². The Morgan fingerprint density at radius 1 is 1.04 bits per heavy atom. The molecule has 2 saturated heterocycles. The largest absolute Gasteiger partial charge is 0.378 e. The zero-order valence-corrected chi connectivity index (χ0v) is 15.0. The number of nitrogens with zero attached hydrogens (tertiary/aromatic N) is 3. The Balaban J connectivity index is 1.60. The molecule has 1 aromatic carbocycles. The normalized spacial score (nSPS) is 18.5. The van der Waals surface area contributed by atoms with Crippen LogP contribution in [0.15, 0.2) is 18.2 Å². The molecule has 2 fully saturated rings. The highest BCUT2D eigenvalue weighted by Crippen LogP contribution is 2.24. The van der Waals surface area contributed by atoms with E-state index in [9.17, 15) is 14.0 Å². The molecular formula is C19H26FN3O2. The average molecular weight is 347 g/mol. The van der Waals surface area contributed by atoms with Crippen LogP contribution in [-0.2, 0) is 4.79 Å². The molecule has 6 heteroatoms. The number of piperidine rings is 1. The number of halogens is 1. The standard InChI is InChI=1S/C19H26FN3O2/c1-21(2)15-5-6-16(17(20)13-15)19(25)23-11-7-14(8-12-23)18(24)22-9-3-4-10-22/h5-6,13-14H,3-4,7-12H2,1-2H3. The molecule has 25 heavy (non-hydrogen) atoms. The first-order chi connectivity index (χ1) is 12.0. The lowest BCUT2D eigenvalue weighted by Crippen LogP contribution is -2.44. The van der Waals surface area contributed by atoms with Crippen molar-refractivity contribution in [1.82, 2.24) is 9.80 Å². The Kier molecular flexibility index (Phi) is 5.25. The Hall–Kier alpha value is -2.11. The van der Waals surface area contributed by atoms with E-state index < -0.39 is 5.82 Å². The molecule has 0 radical (unpaired) electrons. The third-order valence-electron chi connectivity index (χ3n) is 5.25. The van der Waals surface area contributed by atoms with Gasteiger partial charge in [-0.1, -0.05) is 0 Å². The summed E-state index contributed by atoms with van der Waals surface area (Å²) in [4.78, 5) is 30.5. The first-order valence-corrected chi connectivity index (χ1v) is 9.02. The molecule has 2 aliphatic rings. The van der Waals surface area contributed by atoms with E-state index in [4.69, 9.17) is 0 Å². The van der Waals surface area contributed by atoms with Gasteiger partial charge in [-0.15, -0.1) is 0 Å². The minimum Gasteiger partial charge on any atom is -0.378 e. The maximum Gasteiger partial charge on any atom is 0.256 e. The van der Waals surface area contributed by atoms with E-state index in [0.717, 1.165) is 31.6 Å². The Labute approximate surface area is 148 Å². The van der Waals surface area contributed by atoms with Crippen LogP contribution in [0.4, 0.5) is 10.1 Å². The highest BCUT2D eigenvalue weighted by molar-refractivity contribution is 5.95. The van der Waals surface area contributed by atoms with Crippen LogP contribution in [0.1, 0.15) is 36.0 Å². The van der Waals surface area contributed by atoms with Gasteiger partial charge in [-0.3, -0.25) is 9.59 Å². The summed E-state index contributed by atoms with van der Waals surface area (Å²) in [6, 6.07) is 4.69. The summed E-state index contributed by atoms with van der Waals surface area (Å²) < 4.78 is 14.3. The smallest absolute Gasteiger partial charge is 0.256 e. The van der Waals surface area contributed by atoms with Gasteiger partial charge in [0, 0.05) is 51.9 Å². The molecule has 0 aromatic heterocycles. The second-order valence-corrected chi connectivity index (χ2v) is 7.16. The number of carbonyl (C=O) groups is 2. The number of likely N-dealkylation sites (tertiary alicyclic amines) is 2. The molecule has 1 aromatic rings. The van der Waals surface area contributed by atoms with E-state index in [1.165, 1.54) is 6.07 Å². The monoisotopic (exact) mass is 347 g/mol. The van der Waals surface area contributed by atoms with Gasteiger partial charge >= 0.3 is 0 Å². The molecule has 136 valence electrons. The molecule has 0 unspecified atom stereocenters. The van der Waals surface area contributed by atoms with Crippen molar-refractivity contribution in [2.45, 2.75) is 25.7 Å². The quantitative estimate of drug-likeness (QED) is 0.843. The highest BCUT2D eigenvalue weighted by Gasteiger charge is 2.32. The summed E-state index contributed by atoms with van der Waals surface area (Å²) in [6.07, 6.45) is 3.51. The molecule has 2 heterocycles. The van der Waals surface area contributed by atoms with Crippen molar-refractivity contribution in [1.29, 1.82) is 0 Å². The van der Waals surface area contributed by atoms with Crippen LogP contribution < -0.4 is 4.90 Å². The molecule has 0 aliphatic carbocycles. The number of anilines is 1. The van der Waals surface area contributed by atoms with Crippen LogP contribution >= 0.6 is 0 Å². The lowest BCUT2D eigenvalue weighted by atomic mass is 9.95. The van der Waals surface area contributed by atoms with E-state index in [1.54, 1.807) is 21.9 Å². The molecule has 0 saturated carbocycles. The van der Waals surface area contributed by atoms with Crippen molar-refractivity contribution in [3.63, 3.8) is 0 Å². The van der Waals surface area contributed by atoms with Crippen molar-refractivity contribution in [3.05, 3.63) is 29.6 Å². The van der Waals surface area contributed by atoms with Gasteiger partial charge in [0.1, 0.15) is 5.82 Å². The van der Waals surface area contributed by atoms with Gasteiger partial charge in [0.15, 0.2) is 0 Å². The maximum absolute atomic E-state index is 14.3. The van der Waals surface area contributed by atoms with E-state index in [0.29, 0.717) is 25.9 Å². The SMILES string of the molecule is CN(C)c1ccc(C(=O)N2CCC(C(=O)N3CCCC3)CC2)c(F)c1. The molecule has 2 amide bonds. The summed E-state index contributed by atoms with van der Waals surface area (Å²) in [5.74, 6) is -0.546. The minimum absolute atomic E-state index is 0.00288. The maximum atomic E-state index is 14.3. The van der Waals surface area contributed by atoms with Crippen LogP contribution in [0, 0.1) is 11.7 Å². The Bertz CT molecular complexity index is 648. The van der Waals surface area contributed by atoms with E-state index in [1.807, 2.05) is 19.0 Å². The van der Waals surface area contributed by atoms with Crippen LogP contribution in [0.5, 0.6) is 0 Å². The van der Waals surface area contributed by atoms with Gasteiger partial charge in [0.2, 0.25) is 5.91 Å². The number of hydrogen-bond donors (Lipinski definition) is 0. The average Bonchev–Trinajstić information content (AvgIpc) is 3.15. The van der Waals surface area contributed by atoms with Crippen molar-refractivity contribution in [2.24, 2.45) is 5.92 Å². The molecule has 3 rings (SSSR count). The zero-order valence-electron chi connectivity index (χ0n) is 15.0. The highest BCUT2D eigenvalue weighted by atomic mass is 19.1. The van der Waals surface area contributed by atoms with Gasteiger partial charge in [-0.05, 0) is 43.9 Å². The fourth-order valence-electron chi connectivity index (χ4n) is 3.65. The summed E-state index contributed by atoms with van der Waals surface area (Å²) in [7, 11) is 3.66. The van der Waals surface area contributed by atoms with Gasteiger partial charge in [0.05, 0.1) is 5.56 Å². The first-order valence-electron chi connectivity index (χ1n) is 9.02. The topological polar surface area (TPSA) is 43.9 Å². The predicted molar refractivity (Wildman–Crippen MR) is 95.2 cm³/mol. The van der Waals surface area contributed by atoms with Crippen molar-refractivity contribution in [2.75, 3.05) is 45.2 Å².